The van der Waals surface area contributed by atoms with Gasteiger partial charge in [0.25, 0.3) is 5.69 Å². The molecule has 0 aliphatic carbocycles. The van der Waals surface area contributed by atoms with Gasteiger partial charge < -0.3 is 5.32 Å². The van der Waals surface area contributed by atoms with Crippen molar-refractivity contribution in [2.75, 3.05) is 5.32 Å². The maximum absolute atomic E-state index is 13.6. The minimum absolute atomic E-state index is 0.134. The fraction of sp³-hybridized carbons (Fsp3) is 0.0769. The minimum Gasteiger partial charge on any atom is -0.379 e. The van der Waals surface area contributed by atoms with Crippen LogP contribution in [0, 0.1) is 21.7 Å². The van der Waals surface area contributed by atoms with Crippen LogP contribution in [-0.4, -0.2) is 4.92 Å². The molecule has 0 radical (unpaired) electrons. The molecule has 0 aliphatic rings. The lowest BCUT2D eigenvalue weighted by Gasteiger charge is -2.07. The minimum atomic E-state index is -0.717. The Morgan fingerprint density at radius 3 is 2.58 bits per heavy atom. The van der Waals surface area contributed by atoms with Crippen LogP contribution < -0.4 is 5.32 Å². The molecule has 0 atom stereocenters. The number of hydrogen-bond acceptors (Lipinski definition) is 3. The molecule has 98 valence electrons. The number of nitro groups is 1. The van der Waals surface area contributed by atoms with Gasteiger partial charge in [-0.05, 0) is 23.8 Å². The van der Waals surface area contributed by atoms with E-state index in [0.29, 0.717) is 5.56 Å². The Bertz CT molecular complexity index is 617. The summed E-state index contributed by atoms with van der Waals surface area (Å²) in [4.78, 5) is 9.79. The molecule has 0 unspecified atom stereocenters. The highest BCUT2D eigenvalue weighted by molar-refractivity contribution is 5.50. The molecule has 0 aliphatic heterocycles. The van der Waals surface area contributed by atoms with E-state index in [1.54, 1.807) is 12.1 Å². The molecule has 0 aromatic heterocycles. The zero-order chi connectivity index (χ0) is 13.8. The van der Waals surface area contributed by atoms with Gasteiger partial charge in [0, 0.05) is 12.6 Å². The van der Waals surface area contributed by atoms with Crippen LogP contribution in [-0.2, 0) is 6.54 Å². The van der Waals surface area contributed by atoms with Crippen LogP contribution in [0.2, 0.25) is 0 Å². The quantitative estimate of drug-likeness (QED) is 0.679. The van der Waals surface area contributed by atoms with Gasteiger partial charge in [-0.3, -0.25) is 10.1 Å². The van der Waals surface area contributed by atoms with E-state index < -0.39 is 10.7 Å². The third-order valence-corrected chi connectivity index (χ3v) is 2.54. The lowest BCUT2D eigenvalue weighted by molar-refractivity contribution is -0.385. The van der Waals surface area contributed by atoms with Crippen LogP contribution >= 0.6 is 0 Å². The smallest absolute Gasteiger partial charge is 0.272 e. The number of anilines is 1. The summed E-state index contributed by atoms with van der Waals surface area (Å²) in [6, 6.07) is 9.22. The molecule has 0 fully saturated rings. The molecule has 0 heterocycles. The SMILES string of the molecule is O=[N+]([O-])c1ccc(NCc2cccc(F)c2)c(F)c1. The Kier molecular flexibility index (Phi) is 3.70. The molecule has 2 aromatic carbocycles. The van der Waals surface area contributed by atoms with Gasteiger partial charge in [-0.15, -0.1) is 0 Å². The molecule has 0 spiro atoms. The molecule has 0 saturated heterocycles. The zero-order valence-corrected chi connectivity index (χ0v) is 9.77. The first-order valence-electron chi connectivity index (χ1n) is 5.48. The molecular formula is C13H10F2N2O2. The summed E-state index contributed by atoms with van der Waals surface area (Å²) in [6.07, 6.45) is 0. The van der Waals surface area contributed by atoms with Crippen molar-refractivity contribution in [2.24, 2.45) is 0 Å². The van der Waals surface area contributed by atoms with Gasteiger partial charge >= 0.3 is 0 Å². The highest BCUT2D eigenvalue weighted by atomic mass is 19.1. The van der Waals surface area contributed by atoms with Gasteiger partial charge in [-0.1, -0.05) is 12.1 Å². The van der Waals surface area contributed by atoms with Gasteiger partial charge in [-0.2, -0.15) is 0 Å². The molecule has 6 heteroatoms. The van der Waals surface area contributed by atoms with Gasteiger partial charge in [-0.25, -0.2) is 8.78 Å². The lowest BCUT2D eigenvalue weighted by Crippen LogP contribution is -2.02. The van der Waals surface area contributed by atoms with E-state index >= 15 is 0 Å². The average Bonchev–Trinajstić information content (AvgIpc) is 2.37. The maximum atomic E-state index is 13.6. The molecule has 2 rings (SSSR count). The lowest BCUT2D eigenvalue weighted by atomic mass is 10.2. The highest BCUT2D eigenvalue weighted by Crippen LogP contribution is 2.21. The maximum Gasteiger partial charge on any atom is 0.272 e. The third-order valence-electron chi connectivity index (χ3n) is 2.54. The number of nitrogens with one attached hydrogen (secondary N) is 1. The zero-order valence-electron chi connectivity index (χ0n) is 9.77. The number of benzene rings is 2. The van der Waals surface area contributed by atoms with Gasteiger partial charge in [0.2, 0.25) is 0 Å². The van der Waals surface area contributed by atoms with Crippen LogP contribution in [0.15, 0.2) is 42.5 Å². The largest absolute Gasteiger partial charge is 0.379 e. The fourth-order valence-electron chi connectivity index (χ4n) is 1.61. The Morgan fingerprint density at radius 1 is 1.16 bits per heavy atom. The molecule has 0 amide bonds. The summed E-state index contributed by atoms with van der Waals surface area (Å²) in [5, 5.41) is 13.2. The van der Waals surface area contributed by atoms with Crippen LogP contribution in [0.5, 0.6) is 0 Å². The Balaban J connectivity index is 2.10. The average molecular weight is 264 g/mol. The van der Waals surface area contributed by atoms with Crippen LogP contribution in [0.25, 0.3) is 0 Å². The van der Waals surface area contributed by atoms with Gasteiger partial charge in [0.05, 0.1) is 16.7 Å². The van der Waals surface area contributed by atoms with E-state index in [1.165, 1.54) is 24.3 Å². The molecule has 19 heavy (non-hydrogen) atoms. The second-order valence-electron chi connectivity index (χ2n) is 3.90. The van der Waals surface area contributed by atoms with E-state index in [2.05, 4.69) is 5.32 Å². The molecule has 0 saturated carbocycles. The van der Waals surface area contributed by atoms with Crippen LogP contribution in [0.3, 0.4) is 0 Å². The predicted octanol–water partition coefficient (Wildman–Crippen LogP) is 3.49. The highest BCUT2D eigenvalue weighted by Gasteiger charge is 2.10. The Morgan fingerprint density at radius 2 is 1.95 bits per heavy atom. The second-order valence-corrected chi connectivity index (χ2v) is 3.90. The van der Waals surface area contributed by atoms with Crippen molar-refractivity contribution in [3.63, 3.8) is 0 Å². The monoisotopic (exact) mass is 264 g/mol. The van der Waals surface area contributed by atoms with Crippen molar-refractivity contribution in [2.45, 2.75) is 6.54 Å². The third kappa shape index (κ3) is 3.25. The van der Waals surface area contributed by atoms with E-state index in [4.69, 9.17) is 0 Å². The first-order valence-corrected chi connectivity index (χ1v) is 5.48. The Labute approximate surface area is 107 Å². The van der Waals surface area contributed by atoms with Crippen molar-refractivity contribution in [1.82, 2.24) is 0 Å². The van der Waals surface area contributed by atoms with Crippen LogP contribution in [0.1, 0.15) is 5.56 Å². The van der Waals surface area contributed by atoms with Gasteiger partial charge in [0.1, 0.15) is 5.82 Å². The summed E-state index contributed by atoms with van der Waals surface area (Å²) in [6.45, 7) is 0.229. The topological polar surface area (TPSA) is 55.2 Å². The fourth-order valence-corrected chi connectivity index (χ4v) is 1.61. The molecular weight excluding hydrogens is 254 g/mol. The molecule has 1 N–H and O–H groups in total. The van der Waals surface area contributed by atoms with Crippen molar-refractivity contribution in [3.05, 3.63) is 69.8 Å². The second kappa shape index (κ2) is 5.43. The van der Waals surface area contributed by atoms with Crippen molar-refractivity contribution < 1.29 is 13.7 Å². The number of halogens is 2. The first kappa shape index (κ1) is 12.9. The van der Waals surface area contributed by atoms with E-state index in [9.17, 15) is 18.9 Å². The van der Waals surface area contributed by atoms with Crippen molar-refractivity contribution in [3.8, 4) is 0 Å². The molecule has 4 nitrogen and oxygen atoms in total. The van der Waals surface area contributed by atoms with Crippen molar-refractivity contribution in [1.29, 1.82) is 0 Å². The number of rotatable bonds is 4. The predicted molar refractivity (Wildman–Crippen MR) is 66.8 cm³/mol. The molecule has 2 aromatic rings. The number of hydrogen-bond donors (Lipinski definition) is 1. The number of non-ortho nitro benzene ring substituents is 1. The first-order chi connectivity index (χ1) is 9.06. The van der Waals surface area contributed by atoms with E-state index in [1.807, 2.05) is 0 Å². The summed E-state index contributed by atoms with van der Waals surface area (Å²) < 4.78 is 26.5. The van der Waals surface area contributed by atoms with E-state index in [-0.39, 0.29) is 23.7 Å². The summed E-state index contributed by atoms with van der Waals surface area (Å²) >= 11 is 0. The van der Waals surface area contributed by atoms with Crippen LogP contribution in [0.4, 0.5) is 20.2 Å². The number of nitro benzene ring substituents is 1. The standard InChI is InChI=1S/C13H10F2N2O2/c14-10-3-1-2-9(6-10)8-16-13-5-4-11(17(18)19)7-12(13)15/h1-7,16H,8H2. The summed E-state index contributed by atoms with van der Waals surface area (Å²) in [5.74, 6) is -1.09. The summed E-state index contributed by atoms with van der Waals surface area (Å²) in [7, 11) is 0. The number of nitrogens with zero attached hydrogens (tertiary/aromatic N) is 1. The Hall–Kier alpha value is -2.50. The summed E-state index contributed by atoms with van der Waals surface area (Å²) in [5.41, 5.74) is 0.474. The van der Waals surface area contributed by atoms with Crippen molar-refractivity contribution >= 4 is 11.4 Å². The van der Waals surface area contributed by atoms with E-state index in [0.717, 1.165) is 6.07 Å². The van der Waals surface area contributed by atoms with Gasteiger partial charge in [0.15, 0.2) is 5.82 Å². The molecule has 0 bridgehead atoms. The normalized spacial score (nSPS) is 10.2.